The third kappa shape index (κ3) is 5.98. The van der Waals surface area contributed by atoms with Crippen molar-refractivity contribution in [1.29, 1.82) is 0 Å². The minimum absolute atomic E-state index is 0.428. The molecule has 0 aliphatic carbocycles. The standard InChI is InChI=1S/C15H24BrNO/c1-4-18-11-14(10-17-9-12(2)3)13-5-7-15(16)8-6-13/h5-8,12,14,17H,4,9-11H2,1-3H3. The fraction of sp³-hybridized carbons (Fsp3) is 0.600. The molecule has 0 aliphatic rings. The van der Waals surface area contributed by atoms with Crippen LogP contribution in [0.25, 0.3) is 0 Å². The largest absolute Gasteiger partial charge is 0.381 e. The molecular weight excluding hydrogens is 290 g/mol. The van der Waals surface area contributed by atoms with Gasteiger partial charge in [0.2, 0.25) is 0 Å². The average Bonchev–Trinajstić information content (AvgIpc) is 2.34. The zero-order valence-electron chi connectivity index (χ0n) is 11.6. The Balaban J connectivity index is 2.56. The Labute approximate surface area is 119 Å². The van der Waals surface area contributed by atoms with Crippen LogP contribution in [0.2, 0.25) is 0 Å². The number of nitrogens with one attached hydrogen (secondary N) is 1. The summed E-state index contributed by atoms with van der Waals surface area (Å²) in [6, 6.07) is 8.53. The summed E-state index contributed by atoms with van der Waals surface area (Å²) in [7, 11) is 0. The Morgan fingerprint density at radius 3 is 2.39 bits per heavy atom. The quantitative estimate of drug-likeness (QED) is 0.788. The molecule has 0 saturated carbocycles. The highest BCUT2D eigenvalue weighted by Crippen LogP contribution is 2.19. The molecule has 1 N–H and O–H groups in total. The van der Waals surface area contributed by atoms with Crippen molar-refractivity contribution in [1.82, 2.24) is 5.32 Å². The van der Waals surface area contributed by atoms with Crippen LogP contribution < -0.4 is 5.32 Å². The van der Waals surface area contributed by atoms with E-state index >= 15 is 0 Å². The summed E-state index contributed by atoms with van der Waals surface area (Å²) in [6.07, 6.45) is 0. The molecule has 0 amide bonds. The first kappa shape index (κ1) is 15.7. The summed E-state index contributed by atoms with van der Waals surface area (Å²) < 4.78 is 6.71. The second kappa shape index (κ2) is 8.68. The van der Waals surface area contributed by atoms with Gasteiger partial charge in [-0.05, 0) is 37.1 Å². The van der Waals surface area contributed by atoms with E-state index in [0.717, 1.165) is 30.8 Å². The molecule has 0 heterocycles. The molecular formula is C15H24BrNO. The van der Waals surface area contributed by atoms with Crippen LogP contribution in [0.1, 0.15) is 32.3 Å². The van der Waals surface area contributed by atoms with Crippen LogP contribution in [0.4, 0.5) is 0 Å². The first-order chi connectivity index (χ1) is 8.63. The van der Waals surface area contributed by atoms with Crippen molar-refractivity contribution in [2.45, 2.75) is 26.7 Å². The van der Waals surface area contributed by atoms with E-state index < -0.39 is 0 Å². The van der Waals surface area contributed by atoms with E-state index in [9.17, 15) is 0 Å². The van der Waals surface area contributed by atoms with E-state index in [1.165, 1.54) is 5.56 Å². The van der Waals surface area contributed by atoms with Crippen LogP contribution in [0, 0.1) is 5.92 Å². The van der Waals surface area contributed by atoms with Gasteiger partial charge in [0.25, 0.3) is 0 Å². The Hall–Kier alpha value is -0.380. The highest BCUT2D eigenvalue weighted by Gasteiger charge is 2.11. The molecule has 3 heteroatoms. The van der Waals surface area contributed by atoms with Crippen LogP contribution in [-0.4, -0.2) is 26.3 Å². The van der Waals surface area contributed by atoms with Gasteiger partial charge < -0.3 is 10.1 Å². The van der Waals surface area contributed by atoms with E-state index in [0.29, 0.717) is 11.8 Å². The lowest BCUT2D eigenvalue weighted by Crippen LogP contribution is -2.27. The second-order valence-corrected chi connectivity index (χ2v) is 5.88. The lowest BCUT2D eigenvalue weighted by molar-refractivity contribution is 0.131. The van der Waals surface area contributed by atoms with Gasteiger partial charge in [-0.2, -0.15) is 0 Å². The average molecular weight is 314 g/mol. The predicted molar refractivity (Wildman–Crippen MR) is 81.1 cm³/mol. The third-order valence-electron chi connectivity index (χ3n) is 2.81. The molecule has 2 nitrogen and oxygen atoms in total. The lowest BCUT2D eigenvalue weighted by Gasteiger charge is -2.19. The van der Waals surface area contributed by atoms with Gasteiger partial charge in [-0.3, -0.25) is 0 Å². The van der Waals surface area contributed by atoms with Crippen LogP contribution in [0.3, 0.4) is 0 Å². The van der Waals surface area contributed by atoms with Gasteiger partial charge in [0.05, 0.1) is 6.61 Å². The van der Waals surface area contributed by atoms with E-state index in [1.54, 1.807) is 0 Å². The van der Waals surface area contributed by atoms with Crippen LogP contribution in [0.15, 0.2) is 28.7 Å². The smallest absolute Gasteiger partial charge is 0.0546 e. The van der Waals surface area contributed by atoms with Crippen molar-refractivity contribution in [3.63, 3.8) is 0 Å². The fourth-order valence-electron chi connectivity index (χ4n) is 1.81. The van der Waals surface area contributed by atoms with Gasteiger partial charge >= 0.3 is 0 Å². The Morgan fingerprint density at radius 1 is 1.17 bits per heavy atom. The van der Waals surface area contributed by atoms with Crippen molar-refractivity contribution in [2.75, 3.05) is 26.3 Å². The molecule has 1 unspecified atom stereocenters. The van der Waals surface area contributed by atoms with Gasteiger partial charge in [0.1, 0.15) is 0 Å². The topological polar surface area (TPSA) is 21.3 Å². The molecule has 1 rings (SSSR count). The SMILES string of the molecule is CCOCC(CNCC(C)C)c1ccc(Br)cc1. The van der Waals surface area contributed by atoms with Crippen LogP contribution in [-0.2, 0) is 4.74 Å². The lowest BCUT2D eigenvalue weighted by atomic mass is 10.00. The Kier molecular flexibility index (Phi) is 7.56. The third-order valence-corrected chi connectivity index (χ3v) is 3.34. The van der Waals surface area contributed by atoms with Crippen molar-refractivity contribution in [2.24, 2.45) is 5.92 Å². The predicted octanol–water partition coefficient (Wildman–Crippen LogP) is 3.81. The Bertz CT molecular complexity index is 324. The first-order valence-electron chi connectivity index (χ1n) is 6.67. The molecule has 0 aromatic heterocycles. The van der Waals surface area contributed by atoms with Crippen molar-refractivity contribution >= 4 is 15.9 Å². The second-order valence-electron chi connectivity index (χ2n) is 4.96. The van der Waals surface area contributed by atoms with Gasteiger partial charge in [0, 0.05) is 23.5 Å². The zero-order valence-corrected chi connectivity index (χ0v) is 13.2. The van der Waals surface area contributed by atoms with E-state index in [-0.39, 0.29) is 0 Å². The minimum atomic E-state index is 0.428. The van der Waals surface area contributed by atoms with Gasteiger partial charge in [0.15, 0.2) is 0 Å². The molecule has 0 aliphatic heterocycles. The minimum Gasteiger partial charge on any atom is -0.381 e. The highest BCUT2D eigenvalue weighted by atomic mass is 79.9. The van der Waals surface area contributed by atoms with Crippen molar-refractivity contribution in [3.05, 3.63) is 34.3 Å². The van der Waals surface area contributed by atoms with Crippen LogP contribution >= 0.6 is 15.9 Å². The number of ether oxygens (including phenoxy) is 1. The monoisotopic (exact) mass is 313 g/mol. The highest BCUT2D eigenvalue weighted by molar-refractivity contribution is 9.10. The molecule has 1 aromatic rings. The zero-order chi connectivity index (χ0) is 13.4. The summed E-state index contributed by atoms with van der Waals surface area (Å²) in [6.45, 7) is 10.1. The molecule has 0 spiro atoms. The first-order valence-corrected chi connectivity index (χ1v) is 7.46. The van der Waals surface area contributed by atoms with E-state index in [1.807, 2.05) is 6.92 Å². The Morgan fingerprint density at radius 2 is 1.83 bits per heavy atom. The summed E-state index contributed by atoms with van der Waals surface area (Å²) in [5, 5.41) is 3.52. The number of rotatable bonds is 8. The van der Waals surface area contributed by atoms with Crippen molar-refractivity contribution in [3.8, 4) is 0 Å². The molecule has 0 fully saturated rings. The number of benzene rings is 1. The van der Waals surface area contributed by atoms with E-state index in [4.69, 9.17) is 4.74 Å². The molecule has 102 valence electrons. The molecule has 1 atom stereocenters. The number of halogens is 1. The number of hydrogen-bond donors (Lipinski definition) is 1. The molecule has 0 saturated heterocycles. The van der Waals surface area contributed by atoms with Gasteiger partial charge in [-0.25, -0.2) is 0 Å². The normalized spacial score (nSPS) is 12.9. The summed E-state index contributed by atoms with van der Waals surface area (Å²) in [4.78, 5) is 0. The molecule has 0 bridgehead atoms. The maximum absolute atomic E-state index is 5.59. The molecule has 1 aromatic carbocycles. The molecule has 0 radical (unpaired) electrons. The summed E-state index contributed by atoms with van der Waals surface area (Å²) in [5.41, 5.74) is 1.34. The van der Waals surface area contributed by atoms with Gasteiger partial charge in [-0.1, -0.05) is 41.9 Å². The van der Waals surface area contributed by atoms with Crippen molar-refractivity contribution < 1.29 is 4.74 Å². The fourth-order valence-corrected chi connectivity index (χ4v) is 2.08. The number of hydrogen-bond acceptors (Lipinski definition) is 2. The maximum Gasteiger partial charge on any atom is 0.0546 e. The summed E-state index contributed by atoms with van der Waals surface area (Å²) in [5.74, 6) is 1.11. The molecule has 18 heavy (non-hydrogen) atoms. The van der Waals surface area contributed by atoms with E-state index in [2.05, 4.69) is 59.4 Å². The van der Waals surface area contributed by atoms with Gasteiger partial charge in [-0.15, -0.1) is 0 Å². The maximum atomic E-state index is 5.59. The summed E-state index contributed by atoms with van der Waals surface area (Å²) >= 11 is 3.47. The van der Waals surface area contributed by atoms with Crippen LogP contribution in [0.5, 0.6) is 0 Å².